The summed E-state index contributed by atoms with van der Waals surface area (Å²) >= 11 is 7.65. The van der Waals surface area contributed by atoms with Gasteiger partial charge in [-0.2, -0.15) is 4.99 Å². The van der Waals surface area contributed by atoms with Crippen LogP contribution in [0, 0.1) is 23.2 Å². The third-order valence-electron chi connectivity index (χ3n) is 7.17. The molecule has 0 radical (unpaired) electrons. The molecule has 1 N–H and O–H groups in total. The standard InChI is InChI=1S/C20H27ClN2O3S/c21-16-11-23(10-13-1-3-26-4-2-13)18(27-16)22-17(24)19-6-14-5-15(7-19)9-20(25,8-14)12-19/h11,13-15,25H,1-10,12H2/b22-18-. The average Bonchev–Trinajstić information content (AvgIpc) is 2.92. The van der Waals surface area contributed by atoms with Gasteiger partial charge in [-0.15, -0.1) is 0 Å². The summed E-state index contributed by atoms with van der Waals surface area (Å²) in [6.45, 7) is 2.44. The van der Waals surface area contributed by atoms with Crippen molar-refractivity contribution in [3.05, 3.63) is 15.3 Å². The minimum Gasteiger partial charge on any atom is -0.390 e. The number of rotatable bonds is 3. The topological polar surface area (TPSA) is 63.8 Å². The normalized spacial score (nSPS) is 39.3. The van der Waals surface area contributed by atoms with Crippen molar-refractivity contribution in [2.75, 3.05) is 13.2 Å². The highest BCUT2D eigenvalue weighted by Crippen LogP contribution is 2.61. The molecule has 2 heterocycles. The van der Waals surface area contributed by atoms with E-state index in [2.05, 4.69) is 9.56 Å². The summed E-state index contributed by atoms with van der Waals surface area (Å²) in [6, 6.07) is 0. The highest BCUT2D eigenvalue weighted by Gasteiger charge is 2.60. The molecule has 2 unspecified atom stereocenters. The second-order valence-electron chi connectivity index (χ2n) is 9.41. The zero-order valence-corrected chi connectivity index (χ0v) is 17.1. The molecule has 1 aromatic rings. The molecule has 0 aromatic carbocycles. The van der Waals surface area contributed by atoms with Gasteiger partial charge in [0, 0.05) is 26.0 Å². The Hall–Kier alpha value is -0.690. The number of halogens is 1. The van der Waals surface area contributed by atoms with E-state index in [9.17, 15) is 9.90 Å². The molecule has 5 nitrogen and oxygen atoms in total. The lowest BCUT2D eigenvalue weighted by atomic mass is 9.47. The molecule has 6 rings (SSSR count). The van der Waals surface area contributed by atoms with Gasteiger partial charge in [0.05, 0.1) is 11.0 Å². The first-order valence-corrected chi connectivity index (χ1v) is 11.4. The minimum absolute atomic E-state index is 0.0331. The van der Waals surface area contributed by atoms with Crippen LogP contribution in [0.1, 0.15) is 51.4 Å². The summed E-state index contributed by atoms with van der Waals surface area (Å²) in [4.78, 5) is 18.6. The summed E-state index contributed by atoms with van der Waals surface area (Å²) in [7, 11) is 0. The number of hydrogen-bond acceptors (Lipinski definition) is 4. The van der Waals surface area contributed by atoms with E-state index in [1.807, 2.05) is 6.20 Å². The van der Waals surface area contributed by atoms with Gasteiger partial charge >= 0.3 is 0 Å². The third kappa shape index (κ3) is 3.43. The lowest BCUT2D eigenvalue weighted by Crippen LogP contribution is -2.58. The molecule has 0 spiro atoms. The van der Waals surface area contributed by atoms with Gasteiger partial charge in [-0.1, -0.05) is 22.9 Å². The summed E-state index contributed by atoms with van der Waals surface area (Å²) in [5.41, 5.74) is -1.09. The maximum absolute atomic E-state index is 13.3. The van der Waals surface area contributed by atoms with Crippen LogP contribution in [-0.4, -0.2) is 34.4 Å². The number of amides is 1. The number of aliphatic hydroxyl groups is 1. The largest absolute Gasteiger partial charge is 0.390 e. The Morgan fingerprint density at radius 3 is 2.67 bits per heavy atom. The monoisotopic (exact) mass is 410 g/mol. The predicted octanol–water partition coefficient (Wildman–Crippen LogP) is 3.39. The van der Waals surface area contributed by atoms with E-state index in [1.54, 1.807) is 0 Å². The molecule has 1 aromatic heterocycles. The van der Waals surface area contributed by atoms with Gasteiger partial charge in [-0.25, -0.2) is 0 Å². The highest BCUT2D eigenvalue weighted by atomic mass is 35.5. The summed E-state index contributed by atoms with van der Waals surface area (Å²) in [6.07, 6.45) is 9.27. The first kappa shape index (κ1) is 18.3. The molecule has 148 valence electrons. The Labute approximate surface area is 168 Å². The van der Waals surface area contributed by atoms with Gasteiger partial charge in [-0.3, -0.25) is 4.79 Å². The molecule has 27 heavy (non-hydrogen) atoms. The summed E-state index contributed by atoms with van der Waals surface area (Å²) in [5.74, 6) is 1.47. The zero-order valence-electron chi connectivity index (χ0n) is 15.5. The van der Waals surface area contributed by atoms with Gasteiger partial charge in [-0.05, 0) is 69.1 Å². The van der Waals surface area contributed by atoms with E-state index in [0.717, 1.165) is 58.3 Å². The first-order valence-electron chi connectivity index (χ1n) is 10.2. The van der Waals surface area contributed by atoms with E-state index in [1.165, 1.54) is 17.8 Å². The van der Waals surface area contributed by atoms with Gasteiger partial charge in [0.15, 0.2) is 4.80 Å². The Morgan fingerprint density at radius 1 is 1.30 bits per heavy atom. The van der Waals surface area contributed by atoms with E-state index >= 15 is 0 Å². The smallest absolute Gasteiger partial charge is 0.254 e. The fraction of sp³-hybridized carbons (Fsp3) is 0.800. The molecular weight excluding hydrogens is 384 g/mol. The SMILES string of the molecule is O=C(/N=c1\sc(Cl)cn1CC1CCOCC1)C12CC3CC(CC(O)(C3)C1)C2. The van der Waals surface area contributed by atoms with Crippen LogP contribution in [-0.2, 0) is 16.1 Å². The van der Waals surface area contributed by atoms with Crippen molar-refractivity contribution in [1.29, 1.82) is 0 Å². The van der Waals surface area contributed by atoms with Crippen molar-refractivity contribution >= 4 is 28.8 Å². The molecule has 1 saturated heterocycles. The number of aromatic nitrogens is 1. The number of nitrogens with zero attached hydrogens (tertiary/aromatic N) is 2. The lowest BCUT2D eigenvalue weighted by Gasteiger charge is -2.58. The van der Waals surface area contributed by atoms with Crippen molar-refractivity contribution in [3.8, 4) is 0 Å². The van der Waals surface area contributed by atoms with Crippen molar-refractivity contribution < 1.29 is 14.6 Å². The van der Waals surface area contributed by atoms with Crippen LogP contribution in [0.3, 0.4) is 0 Å². The fourth-order valence-electron chi connectivity index (χ4n) is 6.44. The van der Waals surface area contributed by atoms with Crippen molar-refractivity contribution in [1.82, 2.24) is 4.57 Å². The van der Waals surface area contributed by atoms with Crippen molar-refractivity contribution in [3.63, 3.8) is 0 Å². The van der Waals surface area contributed by atoms with Gasteiger partial charge in [0.25, 0.3) is 5.91 Å². The molecule has 5 aliphatic rings. The molecule has 7 heteroatoms. The van der Waals surface area contributed by atoms with E-state index < -0.39 is 11.0 Å². The number of carbonyl (C=O) groups excluding carboxylic acids is 1. The predicted molar refractivity (Wildman–Crippen MR) is 103 cm³/mol. The molecule has 4 aliphatic carbocycles. The quantitative estimate of drug-likeness (QED) is 0.830. The molecule has 1 aliphatic heterocycles. The average molecular weight is 411 g/mol. The Bertz CT molecular complexity index is 796. The number of carbonyl (C=O) groups is 1. The van der Waals surface area contributed by atoms with Crippen LogP contribution in [0.15, 0.2) is 11.2 Å². The number of ether oxygens (including phenoxy) is 1. The molecule has 1 amide bonds. The Morgan fingerprint density at radius 2 is 2.00 bits per heavy atom. The molecule has 4 bridgehead atoms. The third-order valence-corrected chi connectivity index (χ3v) is 8.31. The number of hydrogen-bond donors (Lipinski definition) is 1. The van der Waals surface area contributed by atoms with Crippen molar-refractivity contribution in [2.24, 2.45) is 28.2 Å². The first-order chi connectivity index (χ1) is 12.9. The lowest BCUT2D eigenvalue weighted by molar-refractivity contribution is -0.175. The number of thiazole rings is 1. The van der Waals surface area contributed by atoms with Crippen LogP contribution in [0.4, 0.5) is 0 Å². The minimum atomic E-state index is -0.638. The Balaban J connectivity index is 1.42. The molecule has 4 saturated carbocycles. The van der Waals surface area contributed by atoms with Gasteiger partial charge < -0.3 is 14.4 Å². The zero-order chi connectivity index (χ0) is 18.6. The molecule has 5 fully saturated rings. The molecular formula is C20H27ClN2O3S. The van der Waals surface area contributed by atoms with Crippen LogP contribution in [0.2, 0.25) is 4.34 Å². The van der Waals surface area contributed by atoms with Crippen LogP contribution < -0.4 is 4.80 Å². The van der Waals surface area contributed by atoms with E-state index in [0.29, 0.717) is 33.3 Å². The molecule has 2 atom stereocenters. The van der Waals surface area contributed by atoms with Gasteiger partial charge in [0.1, 0.15) is 4.34 Å². The van der Waals surface area contributed by atoms with Crippen LogP contribution in [0.5, 0.6) is 0 Å². The maximum Gasteiger partial charge on any atom is 0.254 e. The van der Waals surface area contributed by atoms with E-state index in [-0.39, 0.29) is 5.91 Å². The Kier molecular flexibility index (Phi) is 4.54. The van der Waals surface area contributed by atoms with Crippen LogP contribution in [0.25, 0.3) is 0 Å². The van der Waals surface area contributed by atoms with E-state index in [4.69, 9.17) is 16.3 Å². The second-order valence-corrected chi connectivity index (χ2v) is 11.0. The van der Waals surface area contributed by atoms with Crippen molar-refractivity contribution in [2.45, 2.75) is 63.5 Å². The maximum atomic E-state index is 13.3. The van der Waals surface area contributed by atoms with Gasteiger partial charge in [0.2, 0.25) is 0 Å². The summed E-state index contributed by atoms with van der Waals surface area (Å²) in [5, 5.41) is 10.9. The fourth-order valence-corrected chi connectivity index (χ4v) is 7.50. The van der Waals surface area contributed by atoms with Crippen LogP contribution >= 0.6 is 22.9 Å². The second kappa shape index (κ2) is 6.68. The highest BCUT2D eigenvalue weighted by molar-refractivity contribution is 7.13. The summed E-state index contributed by atoms with van der Waals surface area (Å²) < 4.78 is 8.17.